The van der Waals surface area contributed by atoms with Gasteiger partial charge in [-0.25, -0.2) is 4.79 Å². The van der Waals surface area contributed by atoms with Crippen molar-refractivity contribution < 1.29 is 19.4 Å². The van der Waals surface area contributed by atoms with E-state index in [2.05, 4.69) is 20.8 Å². The van der Waals surface area contributed by atoms with Crippen molar-refractivity contribution in [1.82, 2.24) is 0 Å². The fourth-order valence-corrected chi connectivity index (χ4v) is 5.41. The first-order valence-corrected chi connectivity index (χ1v) is 9.80. The number of esters is 1. The second kappa shape index (κ2) is 7.98. The highest BCUT2D eigenvalue weighted by Crippen LogP contribution is 2.60. The predicted molar refractivity (Wildman–Crippen MR) is 103 cm³/mol. The molecule has 26 heavy (non-hydrogen) atoms. The molecule has 0 aromatic heterocycles. The van der Waals surface area contributed by atoms with E-state index >= 15 is 0 Å². The summed E-state index contributed by atoms with van der Waals surface area (Å²) in [6.07, 6.45) is 9.96. The van der Waals surface area contributed by atoms with Gasteiger partial charge in [-0.2, -0.15) is 0 Å². The van der Waals surface area contributed by atoms with Crippen molar-refractivity contribution in [3.05, 3.63) is 23.3 Å². The maximum atomic E-state index is 11.9. The van der Waals surface area contributed by atoms with Crippen LogP contribution in [0, 0.1) is 22.7 Å². The summed E-state index contributed by atoms with van der Waals surface area (Å²) in [6.45, 7) is 10.7. The molecular formula is C22H34O4. The van der Waals surface area contributed by atoms with Crippen LogP contribution in [-0.2, 0) is 14.3 Å². The van der Waals surface area contributed by atoms with Crippen molar-refractivity contribution >= 4 is 11.9 Å². The third kappa shape index (κ3) is 4.39. The van der Waals surface area contributed by atoms with Crippen LogP contribution in [-0.4, -0.2) is 23.7 Å². The molecule has 1 N–H and O–H groups in total. The normalized spacial score (nSPS) is 31.0. The number of rotatable bonds is 6. The van der Waals surface area contributed by atoms with Crippen LogP contribution < -0.4 is 0 Å². The van der Waals surface area contributed by atoms with Gasteiger partial charge in [0.2, 0.25) is 0 Å². The molecule has 4 nitrogen and oxygen atoms in total. The Bertz CT molecular complexity index is 614. The van der Waals surface area contributed by atoms with Gasteiger partial charge < -0.3 is 9.84 Å². The monoisotopic (exact) mass is 362 g/mol. The maximum Gasteiger partial charge on any atom is 0.331 e. The highest BCUT2D eigenvalue weighted by molar-refractivity contribution is 5.87. The van der Waals surface area contributed by atoms with E-state index in [9.17, 15) is 14.7 Å². The van der Waals surface area contributed by atoms with E-state index in [0.29, 0.717) is 18.1 Å². The number of carboxylic acids is 1. The topological polar surface area (TPSA) is 63.6 Å². The number of carbonyl (C=O) groups is 2. The van der Waals surface area contributed by atoms with Crippen molar-refractivity contribution in [2.75, 3.05) is 6.61 Å². The zero-order valence-electron chi connectivity index (χ0n) is 16.9. The maximum absolute atomic E-state index is 11.9. The Labute approximate surface area is 157 Å². The molecule has 0 aromatic carbocycles. The summed E-state index contributed by atoms with van der Waals surface area (Å²) in [5.41, 5.74) is 2.05. The molecule has 3 unspecified atom stereocenters. The molecule has 2 aliphatic rings. The van der Waals surface area contributed by atoms with Crippen LogP contribution in [0.5, 0.6) is 0 Å². The van der Waals surface area contributed by atoms with E-state index in [1.54, 1.807) is 0 Å². The number of fused-ring (bicyclic) bond motifs is 1. The first-order chi connectivity index (χ1) is 12.1. The summed E-state index contributed by atoms with van der Waals surface area (Å²) in [7, 11) is 0. The average molecular weight is 363 g/mol. The Morgan fingerprint density at radius 1 is 1.27 bits per heavy atom. The van der Waals surface area contributed by atoms with Crippen LogP contribution in [0.3, 0.4) is 0 Å². The van der Waals surface area contributed by atoms with Crippen LogP contribution >= 0.6 is 0 Å². The zero-order valence-corrected chi connectivity index (χ0v) is 16.9. The molecule has 2 rings (SSSR count). The molecule has 3 atom stereocenters. The molecule has 0 amide bonds. The van der Waals surface area contributed by atoms with Gasteiger partial charge in [0, 0.05) is 12.5 Å². The highest BCUT2D eigenvalue weighted by atomic mass is 16.5. The second-order valence-corrected chi connectivity index (χ2v) is 9.05. The summed E-state index contributed by atoms with van der Waals surface area (Å²) in [5.74, 6) is -0.436. The lowest BCUT2D eigenvalue weighted by Gasteiger charge is -2.56. The predicted octanol–water partition coefficient (Wildman–Crippen LogP) is 5.14. The lowest BCUT2D eigenvalue weighted by atomic mass is 9.48. The van der Waals surface area contributed by atoms with E-state index in [-0.39, 0.29) is 22.7 Å². The van der Waals surface area contributed by atoms with E-state index in [1.165, 1.54) is 19.8 Å². The molecule has 2 aliphatic carbocycles. The molecule has 0 heterocycles. The van der Waals surface area contributed by atoms with E-state index in [0.717, 1.165) is 31.3 Å². The number of ether oxygens (including phenoxy) is 1. The molecule has 1 saturated carbocycles. The quantitative estimate of drug-likeness (QED) is 0.525. The van der Waals surface area contributed by atoms with Gasteiger partial charge in [0.15, 0.2) is 0 Å². The molecule has 0 radical (unpaired) electrons. The first-order valence-electron chi connectivity index (χ1n) is 9.80. The minimum Gasteiger partial charge on any atom is -0.478 e. The molecule has 0 spiro atoms. The standard InChI is InChI=1S/C22H34O4/c1-15(11-14-26-16(2)23)7-9-18-17(20(24)25)8-10-19-21(3,4)12-6-13-22(18,19)5/h8,11,18-19H,6-7,9-10,12-14H2,1-5H3,(H,24,25). The molecule has 1 fully saturated rings. The Kier molecular flexibility index (Phi) is 6.36. The second-order valence-electron chi connectivity index (χ2n) is 9.05. The Hall–Kier alpha value is -1.58. The van der Waals surface area contributed by atoms with Crippen LogP contribution in [0.2, 0.25) is 0 Å². The number of carboxylic acid groups (broad SMARTS) is 1. The third-order valence-electron chi connectivity index (χ3n) is 6.81. The summed E-state index contributed by atoms with van der Waals surface area (Å²) in [5, 5.41) is 9.77. The zero-order chi connectivity index (χ0) is 19.5. The largest absolute Gasteiger partial charge is 0.478 e. The Morgan fingerprint density at radius 2 is 1.96 bits per heavy atom. The van der Waals surface area contributed by atoms with Crippen LogP contribution in [0.1, 0.15) is 73.1 Å². The number of aliphatic carboxylic acids is 1. The molecule has 0 bridgehead atoms. The number of allylic oxidation sites excluding steroid dienone is 2. The Morgan fingerprint density at radius 3 is 2.58 bits per heavy atom. The van der Waals surface area contributed by atoms with E-state index < -0.39 is 5.97 Å². The van der Waals surface area contributed by atoms with E-state index in [1.807, 2.05) is 19.1 Å². The van der Waals surface area contributed by atoms with Crippen LogP contribution in [0.4, 0.5) is 0 Å². The molecule has 0 aromatic rings. The molecule has 146 valence electrons. The Balaban J connectivity index is 2.19. The van der Waals surface area contributed by atoms with Crippen molar-refractivity contribution in [2.24, 2.45) is 22.7 Å². The number of carbonyl (C=O) groups excluding carboxylic acids is 1. The van der Waals surface area contributed by atoms with E-state index in [4.69, 9.17) is 4.74 Å². The molecule has 4 heteroatoms. The van der Waals surface area contributed by atoms with Gasteiger partial charge in [0.25, 0.3) is 0 Å². The first kappa shape index (κ1) is 20.7. The van der Waals surface area contributed by atoms with Crippen molar-refractivity contribution in [3.8, 4) is 0 Å². The van der Waals surface area contributed by atoms with Gasteiger partial charge in [-0.05, 0) is 67.8 Å². The lowest BCUT2D eigenvalue weighted by Crippen LogP contribution is -2.49. The fourth-order valence-electron chi connectivity index (χ4n) is 5.41. The SMILES string of the molecule is CC(=O)OCC=C(C)CCC1C(C(=O)O)=CCC2C(C)(C)CCCC12C. The van der Waals surface area contributed by atoms with Crippen molar-refractivity contribution in [3.63, 3.8) is 0 Å². The smallest absolute Gasteiger partial charge is 0.331 e. The summed E-state index contributed by atoms with van der Waals surface area (Å²) in [4.78, 5) is 22.8. The van der Waals surface area contributed by atoms with Gasteiger partial charge in [-0.15, -0.1) is 0 Å². The number of hydrogen-bond donors (Lipinski definition) is 1. The van der Waals surface area contributed by atoms with Gasteiger partial charge in [0.1, 0.15) is 6.61 Å². The summed E-state index contributed by atoms with van der Waals surface area (Å²) in [6, 6.07) is 0. The van der Waals surface area contributed by atoms with Gasteiger partial charge >= 0.3 is 11.9 Å². The molecular weight excluding hydrogens is 328 g/mol. The van der Waals surface area contributed by atoms with Crippen molar-refractivity contribution in [2.45, 2.75) is 73.1 Å². The molecule has 0 aliphatic heterocycles. The van der Waals surface area contributed by atoms with Gasteiger partial charge in [0.05, 0.1) is 0 Å². The van der Waals surface area contributed by atoms with Crippen molar-refractivity contribution in [1.29, 1.82) is 0 Å². The minimum absolute atomic E-state index is 0.0421. The minimum atomic E-state index is -0.764. The van der Waals surface area contributed by atoms with Crippen LogP contribution in [0.25, 0.3) is 0 Å². The summed E-state index contributed by atoms with van der Waals surface area (Å²) >= 11 is 0. The highest BCUT2D eigenvalue weighted by Gasteiger charge is 2.53. The fraction of sp³-hybridized carbons (Fsp3) is 0.727. The van der Waals surface area contributed by atoms with Crippen LogP contribution in [0.15, 0.2) is 23.3 Å². The molecule has 0 saturated heterocycles. The number of hydrogen-bond acceptors (Lipinski definition) is 3. The van der Waals surface area contributed by atoms with Gasteiger partial charge in [-0.1, -0.05) is 38.8 Å². The van der Waals surface area contributed by atoms with Gasteiger partial charge in [-0.3, -0.25) is 4.79 Å². The summed E-state index contributed by atoms with van der Waals surface area (Å²) < 4.78 is 4.98. The average Bonchev–Trinajstić information content (AvgIpc) is 2.51. The third-order valence-corrected chi connectivity index (χ3v) is 6.81. The lowest BCUT2D eigenvalue weighted by molar-refractivity contribution is -0.139.